The summed E-state index contributed by atoms with van der Waals surface area (Å²) >= 11 is 0. The Kier molecular flexibility index (Phi) is 2.80. The zero-order chi connectivity index (χ0) is 11.5. The monoisotopic (exact) mass is 224 g/mol. The van der Waals surface area contributed by atoms with Gasteiger partial charge in [0.15, 0.2) is 0 Å². The molecule has 1 N–H and O–H groups in total. The van der Waals surface area contributed by atoms with Gasteiger partial charge in [0.1, 0.15) is 0 Å². The third-order valence-corrected chi connectivity index (χ3v) is 3.04. The third-order valence-electron chi connectivity index (χ3n) is 3.04. The molecule has 3 rings (SSSR count). The summed E-state index contributed by atoms with van der Waals surface area (Å²) in [6.07, 6.45) is 0. The Labute approximate surface area is 102 Å². The van der Waals surface area contributed by atoms with E-state index < -0.39 is 0 Å². The highest BCUT2D eigenvalue weighted by Crippen LogP contribution is 2.27. The molecule has 2 aromatic rings. The second kappa shape index (κ2) is 4.60. The van der Waals surface area contributed by atoms with Crippen molar-refractivity contribution in [2.75, 3.05) is 25.1 Å². The Morgan fingerprint density at radius 1 is 0.882 bits per heavy atom. The summed E-state index contributed by atoms with van der Waals surface area (Å²) in [6.45, 7) is 3.39. The number of rotatable bonds is 4. The summed E-state index contributed by atoms with van der Waals surface area (Å²) in [6, 6.07) is 19.0. The Morgan fingerprint density at radius 2 is 1.59 bits per heavy atom. The van der Waals surface area contributed by atoms with E-state index in [9.17, 15) is 0 Å². The molecule has 1 aliphatic heterocycles. The molecule has 0 radical (unpaired) electrons. The number of hydrogen-bond donors (Lipinski definition) is 1. The van der Waals surface area contributed by atoms with Crippen LogP contribution in [-0.4, -0.2) is 24.7 Å². The minimum Gasteiger partial charge on any atom is -0.372 e. The van der Waals surface area contributed by atoms with Gasteiger partial charge in [-0.1, -0.05) is 48.5 Å². The summed E-state index contributed by atoms with van der Waals surface area (Å²) in [4.78, 5) is 2.36. The summed E-state index contributed by atoms with van der Waals surface area (Å²) in [5.74, 6) is 0. The van der Waals surface area contributed by atoms with Crippen molar-refractivity contribution in [1.82, 2.24) is 4.90 Å². The van der Waals surface area contributed by atoms with Gasteiger partial charge in [0.25, 0.3) is 0 Å². The topological polar surface area (TPSA) is 15.0 Å². The maximum absolute atomic E-state index is 3.50. The lowest BCUT2D eigenvalue weighted by molar-refractivity contribution is 0.604. The molecule has 1 saturated heterocycles. The molecule has 1 aliphatic rings. The Hall–Kier alpha value is -1.80. The van der Waals surface area contributed by atoms with Crippen molar-refractivity contribution in [2.45, 2.75) is 0 Å². The highest BCUT2D eigenvalue weighted by molar-refractivity contribution is 5.77. The molecule has 0 aromatic heterocycles. The molecule has 0 aliphatic carbocycles. The molecule has 1 fully saturated rings. The Bertz CT molecular complexity index is 489. The minimum atomic E-state index is 0.948. The van der Waals surface area contributed by atoms with Crippen LogP contribution in [0.3, 0.4) is 0 Å². The molecule has 0 amide bonds. The van der Waals surface area contributed by atoms with Gasteiger partial charge >= 0.3 is 0 Å². The lowest BCUT2D eigenvalue weighted by atomic mass is 10.0. The average Bonchev–Trinajstić information content (AvgIpc) is 3.22. The zero-order valence-electron chi connectivity index (χ0n) is 9.76. The zero-order valence-corrected chi connectivity index (χ0v) is 9.76. The van der Waals surface area contributed by atoms with Crippen LogP contribution in [0.5, 0.6) is 0 Å². The van der Waals surface area contributed by atoms with Gasteiger partial charge in [-0.25, -0.2) is 0 Å². The molecule has 0 unspecified atom stereocenters. The van der Waals surface area contributed by atoms with Gasteiger partial charge < -0.3 is 5.32 Å². The van der Waals surface area contributed by atoms with Crippen molar-refractivity contribution < 1.29 is 0 Å². The number of anilines is 1. The van der Waals surface area contributed by atoms with Gasteiger partial charge in [-0.3, -0.25) is 4.90 Å². The fourth-order valence-electron chi connectivity index (χ4n) is 1.93. The van der Waals surface area contributed by atoms with Crippen LogP contribution in [0.2, 0.25) is 0 Å². The minimum absolute atomic E-state index is 0.948. The Balaban J connectivity index is 1.87. The van der Waals surface area contributed by atoms with Gasteiger partial charge in [-0.05, 0) is 11.6 Å². The second-order valence-corrected chi connectivity index (χ2v) is 4.36. The molecule has 0 bridgehead atoms. The first-order valence-electron chi connectivity index (χ1n) is 6.04. The van der Waals surface area contributed by atoms with E-state index in [1.54, 1.807) is 0 Å². The molecule has 2 heteroatoms. The van der Waals surface area contributed by atoms with Crippen LogP contribution in [0.4, 0.5) is 5.69 Å². The molecular formula is C15H16N2. The van der Waals surface area contributed by atoms with E-state index in [4.69, 9.17) is 0 Å². The normalized spacial score (nSPS) is 14.6. The van der Waals surface area contributed by atoms with E-state index in [2.05, 4.69) is 64.8 Å². The fourth-order valence-corrected chi connectivity index (χ4v) is 1.93. The first-order valence-corrected chi connectivity index (χ1v) is 6.04. The van der Waals surface area contributed by atoms with Crippen molar-refractivity contribution in [3.05, 3.63) is 54.6 Å². The first-order chi connectivity index (χ1) is 8.43. The van der Waals surface area contributed by atoms with Crippen LogP contribution in [0.25, 0.3) is 11.1 Å². The summed E-state index contributed by atoms with van der Waals surface area (Å²) in [5, 5.41) is 3.50. The van der Waals surface area contributed by atoms with Crippen LogP contribution in [0.15, 0.2) is 54.6 Å². The Morgan fingerprint density at radius 3 is 2.35 bits per heavy atom. The number of para-hydroxylation sites is 1. The van der Waals surface area contributed by atoms with Crippen molar-refractivity contribution in [3.63, 3.8) is 0 Å². The van der Waals surface area contributed by atoms with E-state index in [0.29, 0.717) is 0 Å². The predicted octanol–water partition coefficient (Wildman–Crippen LogP) is 3.04. The molecule has 17 heavy (non-hydrogen) atoms. The lowest BCUT2D eigenvalue weighted by Gasteiger charge is -2.12. The number of nitrogens with zero attached hydrogens (tertiary/aromatic N) is 1. The van der Waals surface area contributed by atoms with Crippen molar-refractivity contribution in [2.24, 2.45) is 0 Å². The number of hydrogen-bond acceptors (Lipinski definition) is 2. The first kappa shape index (κ1) is 10.4. The number of benzene rings is 2. The molecule has 0 atom stereocenters. The van der Waals surface area contributed by atoms with E-state index in [1.807, 2.05) is 0 Å². The van der Waals surface area contributed by atoms with Crippen LogP contribution < -0.4 is 5.32 Å². The van der Waals surface area contributed by atoms with E-state index in [1.165, 1.54) is 29.9 Å². The van der Waals surface area contributed by atoms with E-state index in [-0.39, 0.29) is 0 Å². The van der Waals surface area contributed by atoms with Crippen LogP contribution in [-0.2, 0) is 0 Å². The average molecular weight is 224 g/mol. The maximum atomic E-state index is 3.50. The largest absolute Gasteiger partial charge is 0.372 e. The second-order valence-electron chi connectivity index (χ2n) is 4.36. The van der Waals surface area contributed by atoms with Gasteiger partial charge in [-0.2, -0.15) is 0 Å². The molecule has 1 heterocycles. The highest BCUT2D eigenvalue weighted by atomic mass is 15.3. The highest BCUT2D eigenvalue weighted by Gasteiger charge is 2.16. The molecule has 0 spiro atoms. The van der Waals surface area contributed by atoms with E-state index >= 15 is 0 Å². The van der Waals surface area contributed by atoms with Gasteiger partial charge in [0.05, 0.1) is 6.67 Å². The standard InChI is InChI=1S/C15H16N2/c1-2-6-13(7-3-1)14-8-4-5-9-15(14)16-12-17-10-11-17/h1-9,16H,10-12H2. The van der Waals surface area contributed by atoms with Crippen molar-refractivity contribution in [3.8, 4) is 11.1 Å². The van der Waals surface area contributed by atoms with Crippen molar-refractivity contribution in [1.29, 1.82) is 0 Å². The van der Waals surface area contributed by atoms with Crippen LogP contribution in [0, 0.1) is 0 Å². The van der Waals surface area contributed by atoms with Gasteiger partial charge in [0, 0.05) is 24.3 Å². The van der Waals surface area contributed by atoms with Crippen molar-refractivity contribution >= 4 is 5.69 Å². The predicted molar refractivity (Wildman–Crippen MR) is 71.9 cm³/mol. The smallest absolute Gasteiger partial charge is 0.0679 e. The van der Waals surface area contributed by atoms with Gasteiger partial charge in [0.2, 0.25) is 0 Å². The van der Waals surface area contributed by atoms with Crippen LogP contribution >= 0.6 is 0 Å². The molecule has 86 valence electrons. The molecule has 2 nitrogen and oxygen atoms in total. The quantitative estimate of drug-likeness (QED) is 0.803. The molecular weight excluding hydrogens is 208 g/mol. The summed E-state index contributed by atoms with van der Waals surface area (Å²) < 4.78 is 0. The summed E-state index contributed by atoms with van der Waals surface area (Å²) in [5.41, 5.74) is 3.75. The molecule has 2 aromatic carbocycles. The summed E-state index contributed by atoms with van der Waals surface area (Å²) in [7, 11) is 0. The fraction of sp³-hybridized carbons (Fsp3) is 0.200. The van der Waals surface area contributed by atoms with Gasteiger partial charge in [-0.15, -0.1) is 0 Å². The maximum Gasteiger partial charge on any atom is 0.0679 e. The lowest BCUT2D eigenvalue weighted by Crippen LogP contribution is -2.10. The third kappa shape index (κ3) is 2.48. The molecule has 0 saturated carbocycles. The SMILES string of the molecule is c1ccc(-c2ccccc2NCN2CC2)cc1. The van der Waals surface area contributed by atoms with Crippen LogP contribution in [0.1, 0.15) is 0 Å². The number of nitrogens with one attached hydrogen (secondary N) is 1. The van der Waals surface area contributed by atoms with E-state index in [0.717, 1.165) is 6.67 Å².